The molecule has 0 aliphatic carbocycles. The molecule has 1 aliphatic rings. The Morgan fingerprint density at radius 2 is 2.54 bits per heavy atom. The summed E-state index contributed by atoms with van der Waals surface area (Å²) in [5, 5.41) is 13.4. The van der Waals surface area contributed by atoms with E-state index in [1.807, 2.05) is 0 Å². The Morgan fingerprint density at radius 1 is 1.77 bits per heavy atom. The standard InChI is InChI=1S/C8H10N2O3/c1-10-5-3-8(12,7(10)11)6-2-4-9-13-6/h2,4,12H,3,5H2,1H3/t8-/m1/s1. The summed E-state index contributed by atoms with van der Waals surface area (Å²) in [6.07, 6.45) is 1.77. The third-order valence-corrected chi connectivity index (χ3v) is 2.35. The minimum atomic E-state index is -1.49. The average molecular weight is 182 g/mol. The van der Waals surface area contributed by atoms with Gasteiger partial charge in [0.1, 0.15) is 0 Å². The Bertz CT molecular complexity index is 322. The van der Waals surface area contributed by atoms with Crippen LogP contribution < -0.4 is 0 Å². The second kappa shape index (κ2) is 2.56. The van der Waals surface area contributed by atoms with Crippen LogP contribution in [0.1, 0.15) is 12.2 Å². The van der Waals surface area contributed by atoms with Gasteiger partial charge in [-0.05, 0) is 0 Å². The van der Waals surface area contributed by atoms with Crippen LogP contribution in [0, 0.1) is 0 Å². The van der Waals surface area contributed by atoms with Crippen molar-refractivity contribution in [3.63, 3.8) is 0 Å². The van der Waals surface area contributed by atoms with Crippen molar-refractivity contribution in [2.24, 2.45) is 0 Å². The average Bonchev–Trinajstić information content (AvgIpc) is 2.71. The molecular formula is C8H10N2O3. The van der Waals surface area contributed by atoms with Crippen LogP contribution in [0.4, 0.5) is 0 Å². The van der Waals surface area contributed by atoms with Crippen molar-refractivity contribution >= 4 is 5.91 Å². The SMILES string of the molecule is CN1CC[C@@](O)(c2ccno2)C1=O. The van der Waals surface area contributed by atoms with Crippen molar-refractivity contribution in [1.29, 1.82) is 0 Å². The highest BCUT2D eigenvalue weighted by molar-refractivity contribution is 5.87. The molecule has 0 unspecified atom stereocenters. The first-order valence-corrected chi connectivity index (χ1v) is 4.04. The van der Waals surface area contributed by atoms with Gasteiger partial charge in [0.2, 0.25) is 5.60 Å². The van der Waals surface area contributed by atoms with Gasteiger partial charge in [0, 0.05) is 26.1 Å². The molecule has 1 aliphatic heterocycles. The van der Waals surface area contributed by atoms with Crippen LogP contribution in [0.25, 0.3) is 0 Å². The van der Waals surface area contributed by atoms with Gasteiger partial charge >= 0.3 is 0 Å². The van der Waals surface area contributed by atoms with E-state index in [0.29, 0.717) is 13.0 Å². The number of likely N-dealkylation sites (tertiary alicyclic amines) is 1. The van der Waals surface area contributed by atoms with Crippen LogP contribution in [0.2, 0.25) is 0 Å². The van der Waals surface area contributed by atoms with Gasteiger partial charge in [0.25, 0.3) is 5.91 Å². The number of nitrogens with zero attached hydrogens (tertiary/aromatic N) is 2. The Labute approximate surface area is 74.9 Å². The molecule has 1 aromatic heterocycles. The van der Waals surface area contributed by atoms with Gasteiger partial charge in [-0.3, -0.25) is 4.79 Å². The van der Waals surface area contributed by atoms with Gasteiger partial charge in [0.15, 0.2) is 5.76 Å². The smallest absolute Gasteiger partial charge is 0.262 e. The summed E-state index contributed by atoms with van der Waals surface area (Å²) < 4.78 is 4.79. The Morgan fingerprint density at radius 3 is 3.00 bits per heavy atom. The number of rotatable bonds is 1. The zero-order valence-electron chi connectivity index (χ0n) is 7.23. The maximum atomic E-state index is 11.5. The number of hydrogen-bond donors (Lipinski definition) is 1. The van der Waals surface area contributed by atoms with E-state index < -0.39 is 5.60 Å². The van der Waals surface area contributed by atoms with Crippen molar-refractivity contribution in [2.75, 3.05) is 13.6 Å². The predicted octanol–water partition coefficient (Wildman–Crippen LogP) is -0.276. The van der Waals surface area contributed by atoms with Crippen LogP contribution in [0.15, 0.2) is 16.8 Å². The molecule has 1 fully saturated rings. The molecule has 2 heterocycles. The molecule has 70 valence electrons. The van der Waals surface area contributed by atoms with E-state index >= 15 is 0 Å². The van der Waals surface area contributed by atoms with Crippen molar-refractivity contribution in [2.45, 2.75) is 12.0 Å². The van der Waals surface area contributed by atoms with Gasteiger partial charge in [-0.1, -0.05) is 5.16 Å². The van der Waals surface area contributed by atoms with Crippen LogP contribution >= 0.6 is 0 Å². The van der Waals surface area contributed by atoms with E-state index in [2.05, 4.69) is 5.16 Å². The van der Waals surface area contributed by atoms with Crippen LogP contribution in [-0.4, -0.2) is 34.7 Å². The van der Waals surface area contributed by atoms with Crippen LogP contribution in [0.3, 0.4) is 0 Å². The summed E-state index contributed by atoms with van der Waals surface area (Å²) in [5.41, 5.74) is -1.49. The fraction of sp³-hybridized carbons (Fsp3) is 0.500. The third-order valence-electron chi connectivity index (χ3n) is 2.35. The molecule has 1 aromatic rings. The van der Waals surface area contributed by atoms with Crippen molar-refractivity contribution in [3.05, 3.63) is 18.0 Å². The maximum Gasteiger partial charge on any atom is 0.262 e. The van der Waals surface area contributed by atoms with E-state index in [-0.39, 0.29) is 11.7 Å². The van der Waals surface area contributed by atoms with E-state index in [9.17, 15) is 9.90 Å². The summed E-state index contributed by atoms with van der Waals surface area (Å²) in [5.74, 6) is -0.105. The number of aliphatic hydroxyl groups is 1. The second-order valence-electron chi connectivity index (χ2n) is 3.21. The Kier molecular flexibility index (Phi) is 1.63. The minimum absolute atomic E-state index is 0.224. The lowest BCUT2D eigenvalue weighted by molar-refractivity contribution is -0.144. The number of hydrogen-bond acceptors (Lipinski definition) is 4. The Hall–Kier alpha value is -1.36. The molecule has 0 bridgehead atoms. The molecule has 5 heteroatoms. The lowest BCUT2D eigenvalue weighted by Crippen LogP contribution is -2.35. The number of carbonyl (C=O) groups excluding carboxylic acids is 1. The monoisotopic (exact) mass is 182 g/mol. The van der Waals surface area contributed by atoms with Crippen LogP contribution in [0.5, 0.6) is 0 Å². The lowest BCUT2D eigenvalue weighted by atomic mass is 9.99. The van der Waals surface area contributed by atoms with Gasteiger partial charge in [-0.15, -0.1) is 0 Å². The predicted molar refractivity (Wildman–Crippen MR) is 42.7 cm³/mol. The molecule has 1 atom stereocenters. The molecule has 1 saturated heterocycles. The van der Waals surface area contributed by atoms with Gasteiger partial charge in [-0.25, -0.2) is 0 Å². The van der Waals surface area contributed by atoms with Crippen molar-refractivity contribution in [3.8, 4) is 0 Å². The zero-order valence-corrected chi connectivity index (χ0v) is 7.23. The highest BCUT2D eigenvalue weighted by Crippen LogP contribution is 2.31. The number of carbonyl (C=O) groups is 1. The summed E-state index contributed by atoms with van der Waals surface area (Å²) in [6.45, 7) is 0.538. The molecule has 1 amide bonds. The van der Waals surface area contributed by atoms with E-state index in [0.717, 1.165) is 0 Å². The number of likely N-dealkylation sites (N-methyl/N-ethyl adjacent to an activating group) is 1. The Balaban J connectivity index is 2.37. The van der Waals surface area contributed by atoms with Gasteiger partial charge < -0.3 is 14.5 Å². The molecule has 5 nitrogen and oxygen atoms in total. The largest absolute Gasteiger partial charge is 0.373 e. The molecule has 0 radical (unpaired) electrons. The number of amides is 1. The molecule has 2 rings (SSSR count). The minimum Gasteiger partial charge on any atom is -0.373 e. The highest BCUT2D eigenvalue weighted by atomic mass is 16.5. The summed E-state index contributed by atoms with van der Waals surface area (Å²) in [7, 11) is 1.65. The summed E-state index contributed by atoms with van der Waals surface area (Å²) in [4.78, 5) is 13.0. The first-order valence-electron chi connectivity index (χ1n) is 4.04. The zero-order chi connectivity index (χ0) is 9.47. The van der Waals surface area contributed by atoms with Gasteiger partial charge in [-0.2, -0.15) is 0 Å². The number of aromatic nitrogens is 1. The highest BCUT2D eigenvalue weighted by Gasteiger charge is 2.47. The van der Waals surface area contributed by atoms with Gasteiger partial charge in [0.05, 0.1) is 6.20 Å². The topological polar surface area (TPSA) is 66.6 Å². The van der Waals surface area contributed by atoms with Crippen molar-refractivity contribution < 1.29 is 14.4 Å². The third kappa shape index (κ3) is 1.04. The quantitative estimate of drug-likeness (QED) is 0.649. The molecule has 0 aromatic carbocycles. The van der Waals surface area contributed by atoms with Crippen LogP contribution in [-0.2, 0) is 10.4 Å². The maximum absolute atomic E-state index is 11.5. The fourth-order valence-corrected chi connectivity index (χ4v) is 1.51. The summed E-state index contributed by atoms with van der Waals surface area (Å²) in [6, 6.07) is 1.51. The molecular weight excluding hydrogens is 172 g/mol. The van der Waals surface area contributed by atoms with Crippen molar-refractivity contribution in [1.82, 2.24) is 10.1 Å². The van der Waals surface area contributed by atoms with E-state index in [1.54, 1.807) is 7.05 Å². The lowest BCUT2D eigenvalue weighted by Gasteiger charge is -2.16. The first kappa shape index (κ1) is 8.25. The molecule has 0 saturated carbocycles. The normalized spacial score (nSPS) is 28.5. The summed E-state index contributed by atoms with van der Waals surface area (Å²) >= 11 is 0. The molecule has 0 spiro atoms. The fourth-order valence-electron chi connectivity index (χ4n) is 1.51. The molecule has 1 N–H and O–H groups in total. The molecule has 13 heavy (non-hydrogen) atoms. The van der Waals surface area contributed by atoms with E-state index in [4.69, 9.17) is 4.52 Å². The first-order chi connectivity index (χ1) is 6.14. The van der Waals surface area contributed by atoms with E-state index in [1.165, 1.54) is 17.2 Å². The second-order valence-corrected chi connectivity index (χ2v) is 3.21.